The van der Waals surface area contributed by atoms with Crippen molar-refractivity contribution in [3.8, 4) is 0 Å². The zero-order valence-electron chi connectivity index (χ0n) is 13.7. The third-order valence-corrected chi connectivity index (χ3v) is 5.28. The molecule has 1 heterocycles. The van der Waals surface area contributed by atoms with Gasteiger partial charge >= 0.3 is 0 Å². The third kappa shape index (κ3) is 4.50. The fourth-order valence-electron chi connectivity index (χ4n) is 2.21. The van der Waals surface area contributed by atoms with Crippen molar-refractivity contribution >= 4 is 37.5 Å². The summed E-state index contributed by atoms with van der Waals surface area (Å²) < 4.78 is 31.0. The average Bonchev–Trinajstić information content (AvgIpc) is 2.83. The van der Waals surface area contributed by atoms with Gasteiger partial charge in [0.15, 0.2) is 4.80 Å². The van der Waals surface area contributed by atoms with Crippen molar-refractivity contribution in [2.75, 3.05) is 13.2 Å². The Morgan fingerprint density at radius 3 is 2.75 bits per heavy atom. The quantitative estimate of drug-likeness (QED) is 0.747. The number of primary sulfonamides is 1. The van der Waals surface area contributed by atoms with E-state index in [0.29, 0.717) is 35.7 Å². The molecular formula is C15H21N3O4S2. The van der Waals surface area contributed by atoms with E-state index in [1.54, 1.807) is 6.07 Å². The smallest absolute Gasteiger partial charge is 0.248 e. The molecule has 132 valence electrons. The van der Waals surface area contributed by atoms with Crippen molar-refractivity contribution in [3.05, 3.63) is 23.0 Å². The van der Waals surface area contributed by atoms with Gasteiger partial charge in [0.2, 0.25) is 15.9 Å². The summed E-state index contributed by atoms with van der Waals surface area (Å²) >= 11 is 1.27. The first-order chi connectivity index (χ1) is 11.4. The molecule has 0 saturated heterocycles. The number of sulfonamides is 1. The molecule has 24 heavy (non-hydrogen) atoms. The number of carbonyl (C=O) groups excluding carboxylic acids is 1. The molecular weight excluding hydrogens is 350 g/mol. The maximum atomic E-state index is 11.9. The van der Waals surface area contributed by atoms with E-state index in [2.05, 4.69) is 4.99 Å². The van der Waals surface area contributed by atoms with E-state index in [-0.39, 0.29) is 10.8 Å². The lowest BCUT2D eigenvalue weighted by molar-refractivity contribution is -0.118. The molecule has 0 saturated carbocycles. The maximum absolute atomic E-state index is 11.9. The van der Waals surface area contributed by atoms with Crippen LogP contribution in [0.4, 0.5) is 0 Å². The van der Waals surface area contributed by atoms with E-state index in [0.717, 1.165) is 11.9 Å². The van der Waals surface area contributed by atoms with Gasteiger partial charge in [-0.05, 0) is 31.5 Å². The van der Waals surface area contributed by atoms with Crippen molar-refractivity contribution in [3.63, 3.8) is 0 Å². The van der Waals surface area contributed by atoms with Crippen LogP contribution >= 0.6 is 11.3 Å². The minimum Gasteiger partial charge on any atom is -0.380 e. The van der Waals surface area contributed by atoms with Crippen LogP contribution in [-0.4, -0.2) is 32.1 Å². The normalized spacial score (nSPS) is 12.9. The number of nitrogens with two attached hydrogens (primary N) is 1. The van der Waals surface area contributed by atoms with Crippen LogP contribution in [0, 0.1) is 0 Å². The van der Waals surface area contributed by atoms with Crippen LogP contribution in [0.3, 0.4) is 0 Å². The first kappa shape index (κ1) is 18.8. The van der Waals surface area contributed by atoms with E-state index in [4.69, 9.17) is 9.88 Å². The Labute approximate surface area is 144 Å². The van der Waals surface area contributed by atoms with Crippen molar-refractivity contribution in [1.82, 2.24) is 4.57 Å². The van der Waals surface area contributed by atoms with Crippen LogP contribution in [0.25, 0.3) is 10.2 Å². The lowest BCUT2D eigenvalue weighted by atomic mass is 10.3. The number of nitrogens with zero attached hydrogens (tertiary/aromatic N) is 2. The van der Waals surface area contributed by atoms with E-state index < -0.39 is 10.0 Å². The molecule has 0 atom stereocenters. The second-order valence-electron chi connectivity index (χ2n) is 5.16. The predicted molar refractivity (Wildman–Crippen MR) is 93.2 cm³/mol. The number of rotatable bonds is 7. The molecule has 0 aliphatic carbocycles. The van der Waals surface area contributed by atoms with Crippen LogP contribution in [-0.2, 0) is 26.1 Å². The van der Waals surface area contributed by atoms with Gasteiger partial charge in [-0.2, -0.15) is 4.99 Å². The molecule has 0 aliphatic rings. The number of fused-ring (bicyclic) bond motifs is 1. The summed E-state index contributed by atoms with van der Waals surface area (Å²) in [6.45, 7) is 5.43. The van der Waals surface area contributed by atoms with Gasteiger partial charge in [0.1, 0.15) is 0 Å². The molecule has 0 spiro atoms. The molecule has 0 bridgehead atoms. The Morgan fingerprint density at radius 2 is 2.12 bits per heavy atom. The Hall–Kier alpha value is -1.55. The standard InChI is InChI=1S/C15H21N3O4S2/c1-3-5-14(19)17-15-18(8-9-22-4-2)12-7-6-11(24(16,20)21)10-13(12)23-15/h6-7,10H,3-5,8-9H2,1-2H3,(H2,16,20,21). The monoisotopic (exact) mass is 371 g/mol. The van der Waals surface area contributed by atoms with Crippen molar-refractivity contribution in [2.45, 2.75) is 38.1 Å². The maximum Gasteiger partial charge on any atom is 0.248 e. The Kier molecular flexibility index (Phi) is 6.27. The van der Waals surface area contributed by atoms with Gasteiger partial charge in [0, 0.05) is 19.6 Å². The molecule has 2 aromatic rings. The Bertz CT molecular complexity index is 897. The highest BCUT2D eigenvalue weighted by molar-refractivity contribution is 7.89. The summed E-state index contributed by atoms with van der Waals surface area (Å²) in [5.74, 6) is -0.194. The van der Waals surface area contributed by atoms with Crippen LogP contribution in [0.5, 0.6) is 0 Å². The molecule has 1 aromatic heterocycles. The summed E-state index contributed by atoms with van der Waals surface area (Å²) in [5.41, 5.74) is 0.801. The van der Waals surface area contributed by atoms with Crippen LogP contribution in [0.1, 0.15) is 26.7 Å². The zero-order chi connectivity index (χ0) is 17.7. The molecule has 0 aliphatic heterocycles. The highest BCUT2D eigenvalue weighted by atomic mass is 32.2. The molecule has 0 fully saturated rings. The van der Waals surface area contributed by atoms with Gasteiger partial charge < -0.3 is 9.30 Å². The minimum atomic E-state index is -3.78. The summed E-state index contributed by atoms with van der Waals surface area (Å²) in [7, 11) is -3.78. The van der Waals surface area contributed by atoms with Crippen molar-refractivity contribution in [1.29, 1.82) is 0 Å². The Morgan fingerprint density at radius 1 is 1.38 bits per heavy atom. The van der Waals surface area contributed by atoms with Gasteiger partial charge in [0.05, 0.1) is 21.7 Å². The van der Waals surface area contributed by atoms with E-state index in [1.807, 2.05) is 18.4 Å². The van der Waals surface area contributed by atoms with Gasteiger partial charge in [-0.15, -0.1) is 0 Å². The number of thiazole rings is 1. The molecule has 1 aromatic carbocycles. The molecule has 2 N–H and O–H groups in total. The highest BCUT2D eigenvalue weighted by Gasteiger charge is 2.13. The number of hydrogen-bond acceptors (Lipinski definition) is 5. The SMILES string of the molecule is CCCC(=O)N=c1sc2cc(S(N)(=O)=O)ccc2n1CCOCC. The molecule has 9 heteroatoms. The first-order valence-corrected chi connectivity index (χ1v) is 10.0. The summed E-state index contributed by atoms with van der Waals surface area (Å²) in [6, 6.07) is 4.65. The molecule has 0 radical (unpaired) electrons. The van der Waals surface area contributed by atoms with Crippen molar-refractivity contribution < 1.29 is 17.9 Å². The molecule has 2 rings (SSSR count). The summed E-state index contributed by atoms with van der Waals surface area (Å²) in [6.07, 6.45) is 1.10. The highest BCUT2D eigenvalue weighted by Crippen LogP contribution is 2.21. The van der Waals surface area contributed by atoms with E-state index >= 15 is 0 Å². The molecule has 7 nitrogen and oxygen atoms in total. The fourth-order valence-corrected chi connectivity index (χ4v) is 3.94. The average molecular weight is 371 g/mol. The summed E-state index contributed by atoms with van der Waals surface area (Å²) in [5, 5.41) is 5.18. The van der Waals surface area contributed by atoms with E-state index in [1.165, 1.54) is 23.5 Å². The van der Waals surface area contributed by atoms with Gasteiger partial charge in [-0.25, -0.2) is 13.6 Å². The Balaban J connectivity index is 2.57. The largest absolute Gasteiger partial charge is 0.380 e. The van der Waals surface area contributed by atoms with Crippen LogP contribution < -0.4 is 9.94 Å². The minimum absolute atomic E-state index is 0.0413. The van der Waals surface area contributed by atoms with Crippen molar-refractivity contribution in [2.24, 2.45) is 10.1 Å². The number of ether oxygens (including phenoxy) is 1. The van der Waals surface area contributed by atoms with Gasteiger partial charge in [0.25, 0.3) is 0 Å². The second-order valence-corrected chi connectivity index (χ2v) is 7.73. The third-order valence-electron chi connectivity index (χ3n) is 3.33. The fraction of sp³-hybridized carbons (Fsp3) is 0.467. The predicted octanol–water partition coefficient (Wildman–Crippen LogP) is 1.61. The van der Waals surface area contributed by atoms with Crippen LogP contribution in [0.15, 0.2) is 28.1 Å². The second kappa shape index (κ2) is 8.02. The number of benzene rings is 1. The lowest BCUT2D eigenvalue weighted by Gasteiger charge is -2.06. The number of aromatic nitrogens is 1. The lowest BCUT2D eigenvalue weighted by Crippen LogP contribution is -2.19. The molecule has 0 unspecified atom stereocenters. The first-order valence-electron chi connectivity index (χ1n) is 7.68. The van der Waals surface area contributed by atoms with E-state index in [9.17, 15) is 13.2 Å². The zero-order valence-corrected chi connectivity index (χ0v) is 15.3. The van der Waals surface area contributed by atoms with Gasteiger partial charge in [-0.1, -0.05) is 18.3 Å². The summed E-state index contributed by atoms with van der Waals surface area (Å²) in [4.78, 5) is 16.6. The van der Waals surface area contributed by atoms with Gasteiger partial charge in [-0.3, -0.25) is 4.79 Å². The molecule has 1 amide bonds. The van der Waals surface area contributed by atoms with Crippen LogP contribution in [0.2, 0.25) is 0 Å². The number of carbonyl (C=O) groups is 1. The number of amides is 1. The topological polar surface area (TPSA) is 104 Å². The number of hydrogen-bond donors (Lipinski definition) is 1.